The van der Waals surface area contributed by atoms with Gasteiger partial charge < -0.3 is 0 Å². The van der Waals surface area contributed by atoms with Crippen molar-refractivity contribution in [1.82, 2.24) is 0 Å². The van der Waals surface area contributed by atoms with Gasteiger partial charge in [0.15, 0.2) is 0 Å². The molecule has 78 valence electrons. The Morgan fingerprint density at radius 1 is 1.23 bits per heavy atom. The SMILES string of the molecule is C.CC.CC(C)CC1=CCCC=C1. The zero-order valence-corrected chi connectivity index (χ0v) is 8.93. The third kappa shape index (κ3) is 7.83. The van der Waals surface area contributed by atoms with Crippen LogP contribution >= 0.6 is 0 Å². The molecular formula is C13H26. The van der Waals surface area contributed by atoms with Gasteiger partial charge in [-0.3, -0.25) is 0 Å². The highest BCUT2D eigenvalue weighted by molar-refractivity contribution is 5.22. The summed E-state index contributed by atoms with van der Waals surface area (Å²) in [6, 6.07) is 0. The standard InChI is InChI=1S/C10H16.C2H6.CH4/c1-9(2)8-10-6-4-3-5-7-10;1-2;/h4,6-7,9H,3,5,8H2,1-2H3;1-2H3;1H4. The number of allylic oxidation sites excluding steroid dienone is 4. The van der Waals surface area contributed by atoms with E-state index in [0.717, 1.165) is 5.92 Å². The van der Waals surface area contributed by atoms with Crippen molar-refractivity contribution < 1.29 is 0 Å². The average molecular weight is 182 g/mol. The van der Waals surface area contributed by atoms with Crippen LogP contribution in [0.5, 0.6) is 0 Å². The van der Waals surface area contributed by atoms with Gasteiger partial charge in [-0.25, -0.2) is 0 Å². The summed E-state index contributed by atoms with van der Waals surface area (Å²) in [6.07, 6.45) is 10.6. The highest BCUT2D eigenvalue weighted by atomic mass is 14.0. The van der Waals surface area contributed by atoms with Crippen LogP contribution in [0.3, 0.4) is 0 Å². The van der Waals surface area contributed by atoms with Crippen molar-refractivity contribution in [3.8, 4) is 0 Å². The van der Waals surface area contributed by atoms with E-state index in [1.54, 1.807) is 0 Å². The van der Waals surface area contributed by atoms with Crippen molar-refractivity contribution in [2.45, 2.75) is 54.4 Å². The lowest BCUT2D eigenvalue weighted by atomic mass is 9.98. The fourth-order valence-corrected chi connectivity index (χ4v) is 1.29. The van der Waals surface area contributed by atoms with Gasteiger partial charge in [-0.05, 0) is 25.2 Å². The molecule has 0 heteroatoms. The number of rotatable bonds is 2. The Kier molecular flexibility index (Phi) is 11.0. The molecule has 0 spiro atoms. The van der Waals surface area contributed by atoms with Gasteiger partial charge in [-0.15, -0.1) is 0 Å². The zero-order valence-electron chi connectivity index (χ0n) is 8.93. The molecule has 0 aromatic carbocycles. The second-order valence-electron chi connectivity index (χ2n) is 3.36. The maximum absolute atomic E-state index is 2.36. The smallest absolute Gasteiger partial charge is 0.0259 e. The zero-order chi connectivity index (χ0) is 9.40. The van der Waals surface area contributed by atoms with E-state index in [9.17, 15) is 0 Å². The van der Waals surface area contributed by atoms with Crippen molar-refractivity contribution in [3.63, 3.8) is 0 Å². The first-order valence-corrected chi connectivity index (χ1v) is 5.14. The Bertz CT molecular complexity index is 149. The van der Waals surface area contributed by atoms with Crippen molar-refractivity contribution in [1.29, 1.82) is 0 Å². The maximum atomic E-state index is 2.36. The fraction of sp³-hybridized carbons (Fsp3) is 0.692. The molecule has 0 aliphatic heterocycles. The lowest BCUT2D eigenvalue weighted by Crippen LogP contribution is -1.91. The Hall–Kier alpha value is -0.520. The van der Waals surface area contributed by atoms with E-state index >= 15 is 0 Å². The van der Waals surface area contributed by atoms with Crippen LogP contribution in [0.2, 0.25) is 0 Å². The molecule has 1 rings (SSSR count). The molecule has 0 radical (unpaired) electrons. The van der Waals surface area contributed by atoms with Crippen LogP contribution < -0.4 is 0 Å². The van der Waals surface area contributed by atoms with Crippen molar-refractivity contribution >= 4 is 0 Å². The monoisotopic (exact) mass is 182 g/mol. The van der Waals surface area contributed by atoms with Gasteiger partial charge in [0.25, 0.3) is 0 Å². The Morgan fingerprint density at radius 2 is 1.85 bits per heavy atom. The van der Waals surface area contributed by atoms with Crippen LogP contribution in [0.4, 0.5) is 0 Å². The lowest BCUT2D eigenvalue weighted by Gasteiger charge is -2.08. The third-order valence-corrected chi connectivity index (χ3v) is 1.72. The van der Waals surface area contributed by atoms with Gasteiger partial charge in [-0.1, -0.05) is 58.9 Å². The van der Waals surface area contributed by atoms with Gasteiger partial charge in [0.1, 0.15) is 0 Å². The molecule has 0 saturated carbocycles. The predicted molar refractivity (Wildman–Crippen MR) is 64.0 cm³/mol. The first kappa shape index (κ1) is 15.0. The van der Waals surface area contributed by atoms with E-state index in [1.165, 1.54) is 24.8 Å². The minimum Gasteiger partial charge on any atom is -0.0840 e. The van der Waals surface area contributed by atoms with Gasteiger partial charge in [0, 0.05) is 0 Å². The van der Waals surface area contributed by atoms with Crippen LogP contribution in [0.1, 0.15) is 54.4 Å². The van der Waals surface area contributed by atoms with Crippen molar-refractivity contribution in [2.24, 2.45) is 5.92 Å². The van der Waals surface area contributed by atoms with Gasteiger partial charge >= 0.3 is 0 Å². The van der Waals surface area contributed by atoms with Crippen LogP contribution in [0.25, 0.3) is 0 Å². The highest BCUT2D eigenvalue weighted by Gasteiger charge is 1.99. The largest absolute Gasteiger partial charge is 0.0840 e. The second kappa shape index (κ2) is 9.57. The Balaban J connectivity index is 0. The Labute approximate surface area is 84.7 Å². The molecular weight excluding hydrogens is 156 g/mol. The summed E-state index contributed by atoms with van der Waals surface area (Å²) >= 11 is 0. The van der Waals surface area contributed by atoms with Crippen LogP contribution in [0.15, 0.2) is 23.8 Å². The predicted octanol–water partition coefficient (Wildman–Crippen LogP) is 4.97. The van der Waals surface area contributed by atoms with Gasteiger partial charge in [-0.2, -0.15) is 0 Å². The summed E-state index contributed by atoms with van der Waals surface area (Å²) < 4.78 is 0. The lowest BCUT2D eigenvalue weighted by molar-refractivity contribution is 0.646. The van der Waals surface area contributed by atoms with E-state index in [2.05, 4.69) is 32.1 Å². The summed E-state index contributed by atoms with van der Waals surface area (Å²) in [5.74, 6) is 0.800. The first-order chi connectivity index (χ1) is 5.79. The molecule has 0 aromatic rings. The van der Waals surface area contributed by atoms with E-state index in [-0.39, 0.29) is 7.43 Å². The van der Waals surface area contributed by atoms with Crippen LogP contribution in [-0.4, -0.2) is 0 Å². The highest BCUT2D eigenvalue weighted by Crippen LogP contribution is 2.17. The van der Waals surface area contributed by atoms with E-state index in [0.29, 0.717) is 0 Å². The summed E-state index contributed by atoms with van der Waals surface area (Å²) in [6.45, 7) is 8.53. The molecule has 0 N–H and O–H groups in total. The molecule has 0 saturated heterocycles. The van der Waals surface area contributed by atoms with Crippen LogP contribution in [0, 0.1) is 5.92 Å². The second-order valence-corrected chi connectivity index (χ2v) is 3.36. The summed E-state index contributed by atoms with van der Waals surface area (Å²) in [7, 11) is 0. The molecule has 0 bridgehead atoms. The average Bonchev–Trinajstić information content (AvgIpc) is 2.08. The summed E-state index contributed by atoms with van der Waals surface area (Å²) in [4.78, 5) is 0. The summed E-state index contributed by atoms with van der Waals surface area (Å²) in [5.41, 5.74) is 1.53. The van der Waals surface area contributed by atoms with E-state index in [4.69, 9.17) is 0 Å². The first-order valence-electron chi connectivity index (χ1n) is 5.14. The topological polar surface area (TPSA) is 0 Å². The van der Waals surface area contributed by atoms with Crippen LogP contribution in [-0.2, 0) is 0 Å². The molecule has 0 fully saturated rings. The molecule has 0 unspecified atom stereocenters. The van der Waals surface area contributed by atoms with Crippen molar-refractivity contribution in [3.05, 3.63) is 23.8 Å². The summed E-state index contributed by atoms with van der Waals surface area (Å²) in [5, 5.41) is 0. The van der Waals surface area contributed by atoms with E-state index < -0.39 is 0 Å². The molecule has 0 aromatic heterocycles. The molecule has 1 aliphatic carbocycles. The van der Waals surface area contributed by atoms with Gasteiger partial charge in [0.2, 0.25) is 0 Å². The van der Waals surface area contributed by atoms with Crippen molar-refractivity contribution in [2.75, 3.05) is 0 Å². The maximum Gasteiger partial charge on any atom is -0.0259 e. The van der Waals surface area contributed by atoms with Gasteiger partial charge in [0.05, 0.1) is 0 Å². The molecule has 13 heavy (non-hydrogen) atoms. The molecule has 0 heterocycles. The molecule has 0 atom stereocenters. The normalized spacial score (nSPS) is 14.1. The van der Waals surface area contributed by atoms with E-state index in [1.807, 2.05) is 13.8 Å². The Morgan fingerprint density at radius 3 is 2.23 bits per heavy atom. The quantitative estimate of drug-likeness (QED) is 0.565. The minimum atomic E-state index is 0. The third-order valence-electron chi connectivity index (χ3n) is 1.72. The molecule has 0 amide bonds. The fourth-order valence-electron chi connectivity index (χ4n) is 1.29. The molecule has 1 aliphatic rings. The minimum absolute atomic E-state index is 0. The number of hydrogen-bond acceptors (Lipinski definition) is 0. The molecule has 0 nitrogen and oxygen atoms in total. The number of hydrogen-bond donors (Lipinski definition) is 0.